The second-order valence-electron chi connectivity index (χ2n) is 16.5. The van der Waals surface area contributed by atoms with Crippen molar-refractivity contribution in [3.8, 4) is 11.6 Å². The summed E-state index contributed by atoms with van der Waals surface area (Å²) in [5.74, 6) is -1.39. The van der Waals surface area contributed by atoms with Crippen LogP contribution in [0.1, 0.15) is 84.3 Å². The number of amides is 4. The molecule has 2 bridgehead atoms. The number of rotatable bonds is 7. The molecule has 7 rings (SSSR count). The van der Waals surface area contributed by atoms with Gasteiger partial charge in [0.25, 0.3) is 5.91 Å². The summed E-state index contributed by atoms with van der Waals surface area (Å²) in [6.45, 7) is 9.18. The Hall–Kier alpha value is -4.51. The molecule has 1 aromatic heterocycles. The Balaban J connectivity index is 0.00000514. The van der Waals surface area contributed by atoms with Crippen molar-refractivity contribution in [1.29, 1.82) is 0 Å². The van der Waals surface area contributed by atoms with E-state index in [2.05, 4.69) is 21.9 Å². The lowest BCUT2D eigenvalue weighted by atomic mass is 9.85. The van der Waals surface area contributed by atoms with Crippen LogP contribution >= 0.6 is 0 Å². The number of carbonyl (C=O) groups excluding carboxylic acids is 4. The van der Waals surface area contributed by atoms with Crippen LogP contribution in [-0.4, -0.2) is 101 Å². The second kappa shape index (κ2) is 15.2. The predicted octanol–water partition coefficient (Wildman–Crippen LogP) is 2.48. The number of aromatic nitrogens is 2. The minimum absolute atomic E-state index is 0. The molecule has 17 heteroatoms. The average Bonchev–Trinajstić information content (AvgIpc) is 4.04. The molecule has 1 saturated heterocycles. The molecule has 0 radical (unpaired) electrons. The van der Waals surface area contributed by atoms with Gasteiger partial charge in [-0.1, -0.05) is 39.7 Å². The van der Waals surface area contributed by atoms with Crippen molar-refractivity contribution in [3.05, 3.63) is 36.5 Å². The highest BCUT2D eigenvalue weighted by atomic mass is 32.2. The van der Waals surface area contributed by atoms with Crippen LogP contribution in [0.15, 0.2) is 30.9 Å². The number of aryl methyl sites for hydroxylation is 1. The molecule has 0 unspecified atom stereocenters. The quantitative estimate of drug-likeness (QED) is 0.346. The van der Waals surface area contributed by atoms with Crippen molar-refractivity contribution in [2.24, 2.45) is 17.3 Å². The Morgan fingerprint density at radius 1 is 1.07 bits per heavy atom. The lowest BCUT2D eigenvalue weighted by Crippen LogP contribution is -2.60. The SMILES string of the molecule is C=C[C@@H]1C[C@]1(NC(=O)[C@@H]1C[C@@H]2CN1C(=O)[C@H](C(C)(C)C)NC(=O)O[C@@H]1C[C@H]1CCCCCc1nc3ccc(OC)cc3nc1O2)C(=O)NS(=O)(=O)C1CC1.O. The monoisotopic (exact) mass is 784 g/mol. The van der Waals surface area contributed by atoms with Crippen molar-refractivity contribution in [3.63, 3.8) is 0 Å². The van der Waals surface area contributed by atoms with Crippen LogP contribution in [-0.2, 0) is 35.6 Å². The van der Waals surface area contributed by atoms with Crippen molar-refractivity contribution < 1.29 is 47.3 Å². The summed E-state index contributed by atoms with van der Waals surface area (Å²) in [5, 5.41) is 4.96. The lowest BCUT2D eigenvalue weighted by Gasteiger charge is -2.35. The zero-order valence-electron chi connectivity index (χ0n) is 31.8. The molecule has 3 aliphatic carbocycles. The smallest absolute Gasteiger partial charge is 0.408 e. The Morgan fingerprint density at radius 3 is 2.51 bits per heavy atom. The van der Waals surface area contributed by atoms with E-state index in [9.17, 15) is 27.6 Å². The Bertz CT molecular complexity index is 1970. The fraction of sp³-hybridized carbons (Fsp3) is 0.632. The summed E-state index contributed by atoms with van der Waals surface area (Å²) >= 11 is 0. The van der Waals surface area contributed by atoms with E-state index in [0.29, 0.717) is 47.6 Å². The number of alkyl carbamates (subject to hydrolysis) is 1. The van der Waals surface area contributed by atoms with Crippen LogP contribution in [0.3, 0.4) is 0 Å². The van der Waals surface area contributed by atoms with Crippen molar-refractivity contribution in [1.82, 2.24) is 30.2 Å². The number of benzene rings is 1. The summed E-state index contributed by atoms with van der Waals surface area (Å²) in [6, 6.07) is 3.20. The molecule has 4 fully saturated rings. The number of ether oxygens (including phenoxy) is 3. The first kappa shape index (κ1) is 40.2. The van der Waals surface area contributed by atoms with Gasteiger partial charge in [-0.3, -0.25) is 19.1 Å². The van der Waals surface area contributed by atoms with E-state index in [1.165, 1.54) is 11.0 Å². The van der Waals surface area contributed by atoms with E-state index in [0.717, 1.165) is 32.1 Å². The van der Waals surface area contributed by atoms with Crippen LogP contribution in [0, 0.1) is 17.3 Å². The molecule has 5 N–H and O–H groups in total. The van der Waals surface area contributed by atoms with Gasteiger partial charge in [0.15, 0.2) is 0 Å². The standard InChI is InChI=1S/C38H50N6O9S.H2O/c1-6-22-19-38(22,35(47)43-54(49,50)25-13-14-25)42-32(45)29-18-24-20-44(29)34(46)31(37(2,3)4)41-36(48)53-30-16-21(30)10-8-7-9-11-27-33(52-24)40-28-17-23(51-5)12-15-26(28)39-27;/h6,12,15,17,21-22,24-25,29-31H,1,7-11,13-14,16,18-20H2,2-5H3,(H,41,48)(H,42,45)(H,43,47);1H2/t21-,22-,24-,29+,30-,31-,38-;/m1./s1. The number of carbonyl (C=O) groups is 4. The van der Waals surface area contributed by atoms with E-state index >= 15 is 0 Å². The number of fused-ring (bicyclic) bond motifs is 5. The zero-order valence-corrected chi connectivity index (χ0v) is 32.6. The molecule has 3 saturated carbocycles. The molecule has 2 aliphatic heterocycles. The third-order valence-corrected chi connectivity index (χ3v) is 13.1. The normalized spacial score (nSPS) is 29.7. The Morgan fingerprint density at radius 2 is 1.84 bits per heavy atom. The summed E-state index contributed by atoms with van der Waals surface area (Å²) in [5.41, 5.74) is -0.451. The first-order valence-corrected chi connectivity index (χ1v) is 20.5. The summed E-state index contributed by atoms with van der Waals surface area (Å²) in [4.78, 5) is 66.8. The van der Waals surface area contributed by atoms with Gasteiger partial charge in [-0.05, 0) is 68.4 Å². The summed E-state index contributed by atoms with van der Waals surface area (Å²) < 4.78 is 45.3. The van der Waals surface area contributed by atoms with Gasteiger partial charge in [0.05, 0.1) is 29.9 Å². The van der Waals surface area contributed by atoms with Crippen LogP contribution in [0.2, 0.25) is 0 Å². The number of hydrogen-bond acceptors (Lipinski definition) is 11. The Kier molecular flexibility index (Phi) is 11.1. The van der Waals surface area contributed by atoms with Gasteiger partial charge in [0.1, 0.15) is 41.3 Å². The van der Waals surface area contributed by atoms with E-state index in [1.54, 1.807) is 13.2 Å². The van der Waals surface area contributed by atoms with Crippen LogP contribution < -0.4 is 24.8 Å². The number of nitrogens with zero attached hydrogens (tertiary/aromatic N) is 3. The molecule has 3 heterocycles. The van der Waals surface area contributed by atoms with Crippen LogP contribution in [0.4, 0.5) is 4.79 Å². The third-order valence-electron chi connectivity index (χ3n) is 11.3. The Labute approximate surface area is 320 Å². The lowest BCUT2D eigenvalue weighted by molar-refractivity contribution is -0.142. The molecule has 4 amide bonds. The first-order valence-electron chi connectivity index (χ1n) is 18.9. The minimum atomic E-state index is -3.90. The van der Waals surface area contributed by atoms with E-state index < -0.39 is 74.1 Å². The van der Waals surface area contributed by atoms with Crippen molar-refractivity contribution in [2.75, 3.05) is 13.7 Å². The fourth-order valence-electron chi connectivity index (χ4n) is 7.64. The molecule has 300 valence electrons. The number of nitrogens with one attached hydrogen (secondary N) is 3. The van der Waals surface area contributed by atoms with Crippen LogP contribution in [0.25, 0.3) is 11.0 Å². The maximum absolute atomic E-state index is 14.6. The largest absolute Gasteiger partial charge is 0.497 e. The molecular weight excluding hydrogens is 733 g/mol. The zero-order chi connectivity index (χ0) is 38.6. The predicted molar refractivity (Wildman–Crippen MR) is 200 cm³/mol. The highest BCUT2D eigenvalue weighted by molar-refractivity contribution is 7.91. The third kappa shape index (κ3) is 8.52. The maximum atomic E-state index is 14.6. The fourth-order valence-corrected chi connectivity index (χ4v) is 9.00. The van der Waals surface area contributed by atoms with Gasteiger partial charge in [0.2, 0.25) is 27.7 Å². The van der Waals surface area contributed by atoms with E-state index in [-0.39, 0.29) is 36.9 Å². The summed E-state index contributed by atoms with van der Waals surface area (Å²) in [6.07, 6.45) is 5.93. The molecular formula is C38H52N6O10S. The maximum Gasteiger partial charge on any atom is 0.408 e. The van der Waals surface area contributed by atoms with Gasteiger partial charge in [-0.25, -0.2) is 23.2 Å². The molecule has 16 nitrogen and oxygen atoms in total. The molecule has 55 heavy (non-hydrogen) atoms. The molecule has 5 aliphatic rings. The second-order valence-corrected chi connectivity index (χ2v) is 18.4. The highest BCUT2D eigenvalue weighted by Crippen LogP contribution is 2.46. The van der Waals surface area contributed by atoms with Gasteiger partial charge in [-0.15, -0.1) is 6.58 Å². The average molecular weight is 785 g/mol. The van der Waals surface area contributed by atoms with Gasteiger partial charge >= 0.3 is 6.09 Å². The number of methoxy groups -OCH3 is 1. The molecule has 7 atom stereocenters. The van der Waals surface area contributed by atoms with Crippen molar-refractivity contribution >= 4 is 44.9 Å². The van der Waals surface area contributed by atoms with Gasteiger partial charge in [0, 0.05) is 18.4 Å². The molecule has 2 aromatic rings. The molecule has 0 spiro atoms. The topological polar surface area (TPSA) is 227 Å². The highest BCUT2D eigenvalue weighted by Gasteiger charge is 2.62. The van der Waals surface area contributed by atoms with E-state index in [1.807, 2.05) is 32.9 Å². The van der Waals surface area contributed by atoms with E-state index in [4.69, 9.17) is 24.2 Å². The van der Waals surface area contributed by atoms with Crippen molar-refractivity contribution in [2.45, 2.75) is 120 Å². The summed E-state index contributed by atoms with van der Waals surface area (Å²) in [7, 11) is -2.33. The molecule has 1 aromatic carbocycles. The van der Waals surface area contributed by atoms with Gasteiger partial charge < -0.3 is 35.2 Å². The number of sulfonamides is 1. The number of hydrogen-bond donors (Lipinski definition) is 3. The minimum Gasteiger partial charge on any atom is -0.497 e. The first-order chi connectivity index (χ1) is 25.6. The van der Waals surface area contributed by atoms with Crippen LogP contribution in [0.5, 0.6) is 11.6 Å². The van der Waals surface area contributed by atoms with Gasteiger partial charge in [-0.2, -0.15) is 0 Å².